The molecule has 0 aliphatic heterocycles. The number of carbonyl (C=O) groups is 1. The summed E-state index contributed by atoms with van der Waals surface area (Å²) in [6, 6.07) is 10.5. The molecule has 1 fully saturated rings. The second-order valence-corrected chi connectivity index (χ2v) is 6.30. The molecule has 0 heterocycles. The van der Waals surface area contributed by atoms with E-state index in [9.17, 15) is 4.79 Å². The standard InChI is InChI=1S/C18H25N3O2/c1-14(22)23-18(9-5-8-15-6-3-2-4-7-15)16-10-12-17(13-11-16)20-21-19/h2-4,6-7,16-18H,5,8-13H2,1H3/t16?,17?,18-/m0/s1. The van der Waals surface area contributed by atoms with Crippen molar-refractivity contribution in [1.82, 2.24) is 0 Å². The van der Waals surface area contributed by atoms with Gasteiger partial charge in [-0.15, -0.1) is 0 Å². The highest BCUT2D eigenvalue weighted by Crippen LogP contribution is 2.32. The van der Waals surface area contributed by atoms with Gasteiger partial charge >= 0.3 is 5.97 Å². The number of hydrogen-bond acceptors (Lipinski definition) is 3. The van der Waals surface area contributed by atoms with Crippen LogP contribution in [0.5, 0.6) is 0 Å². The minimum atomic E-state index is -0.202. The van der Waals surface area contributed by atoms with Crippen LogP contribution in [-0.2, 0) is 16.0 Å². The second-order valence-electron chi connectivity index (χ2n) is 6.30. The molecule has 23 heavy (non-hydrogen) atoms. The van der Waals surface area contributed by atoms with Gasteiger partial charge in [-0.2, -0.15) is 0 Å². The van der Waals surface area contributed by atoms with Gasteiger partial charge in [-0.05, 0) is 62.0 Å². The van der Waals surface area contributed by atoms with Crippen molar-refractivity contribution < 1.29 is 9.53 Å². The van der Waals surface area contributed by atoms with Gasteiger partial charge in [-0.1, -0.05) is 35.4 Å². The Hall–Kier alpha value is -2.00. The third kappa shape index (κ3) is 5.95. The molecule has 0 radical (unpaired) electrons. The van der Waals surface area contributed by atoms with Crippen molar-refractivity contribution in [1.29, 1.82) is 0 Å². The summed E-state index contributed by atoms with van der Waals surface area (Å²) in [5.41, 5.74) is 9.85. The van der Waals surface area contributed by atoms with E-state index in [0.717, 1.165) is 44.9 Å². The zero-order valence-corrected chi connectivity index (χ0v) is 13.7. The van der Waals surface area contributed by atoms with Crippen molar-refractivity contribution in [3.05, 3.63) is 46.3 Å². The summed E-state index contributed by atoms with van der Waals surface area (Å²) >= 11 is 0. The Labute approximate surface area is 137 Å². The Balaban J connectivity index is 1.84. The number of ether oxygens (including phenoxy) is 1. The lowest BCUT2D eigenvalue weighted by Gasteiger charge is -2.32. The topological polar surface area (TPSA) is 75.1 Å². The SMILES string of the molecule is CC(=O)O[C@@H](CCCc1ccccc1)C1CCC(N=[N+]=[N-])CC1. The van der Waals surface area contributed by atoms with Crippen LogP contribution in [0, 0.1) is 5.92 Å². The highest BCUT2D eigenvalue weighted by molar-refractivity contribution is 5.66. The van der Waals surface area contributed by atoms with Gasteiger partial charge in [0, 0.05) is 17.9 Å². The lowest BCUT2D eigenvalue weighted by atomic mass is 9.81. The number of carbonyl (C=O) groups excluding carboxylic acids is 1. The van der Waals surface area contributed by atoms with Crippen molar-refractivity contribution in [2.24, 2.45) is 11.0 Å². The fourth-order valence-corrected chi connectivity index (χ4v) is 3.42. The van der Waals surface area contributed by atoms with E-state index in [1.807, 2.05) is 6.07 Å². The summed E-state index contributed by atoms with van der Waals surface area (Å²) in [5, 5.41) is 3.81. The predicted molar refractivity (Wildman–Crippen MR) is 89.8 cm³/mol. The highest BCUT2D eigenvalue weighted by atomic mass is 16.5. The summed E-state index contributed by atoms with van der Waals surface area (Å²) in [6.07, 6.45) is 6.62. The van der Waals surface area contributed by atoms with Crippen LogP contribution in [0.15, 0.2) is 35.4 Å². The number of esters is 1. The molecule has 0 saturated heterocycles. The normalized spacial score (nSPS) is 22.0. The summed E-state index contributed by atoms with van der Waals surface area (Å²) in [4.78, 5) is 14.3. The Morgan fingerprint density at radius 3 is 2.61 bits per heavy atom. The molecule has 0 amide bonds. The fraction of sp³-hybridized carbons (Fsp3) is 0.611. The molecule has 124 valence electrons. The van der Waals surface area contributed by atoms with Gasteiger partial charge in [0.15, 0.2) is 0 Å². The number of azide groups is 1. The van der Waals surface area contributed by atoms with Crippen molar-refractivity contribution in [2.75, 3.05) is 0 Å². The molecule has 2 rings (SSSR count). The average Bonchev–Trinajstić information content (AvgIpc) is 2.56. The van der Waals surface area contributed by atoms with E-state index in [4.69, 9.17) is 10.3 Å². The minimum absolute atomic E-state index is 0.0109. The van der Waals surface area contributed by atoms with Crippen LogP contribution >= 0.6 is 0 Å². The van der Waals surface area contributed by atoms with E-state index >= 15 is 0 Å². The molecule has 1 saturated carbocycles. The summed E-state index contributed by atoms with van der Waals surface area (Å²) in [7, 11) is 0. The molecule has 0 spiro atoms. The van der Waals surface area contributed by atoms with Crippen molar-refractivity contribution in [2.45, 2.75) is 64.0 Å². The summed E-state index contributed by atoms with van der Waals surface area (Å²) in [5.74, 6) is 0.187. The minimum Gasteiger partial charge on any atom is -0.462 e. The molecule has 0 unspecified atom stereocenters. The van der Waals surface area contributed by atoms with Crippen molar-refractivity contribution >= 4 is 5.97 Å². The van der Waals surface area contributed by atoms with E-state index in [2.05, 4.69) is 34.3 Å². The molecule has 1 aliphatic carbocycles. The Kier molecular flexibility index (Phi) is 6.95. The van der Waals surface area contributed by atoms with Crippen LogP contribution in [0.4, 0.5) is 0 Å². The first-order valence-corrected chi connectivity index (χ1v) is 8.44. The maximum atomic E-state index is 11.4. The van der Waals surface area contributed by atoms with Crippen LogP contribution in [-0.4, -0.2) is 18.1 Å². The van der Waals surface area contributed by atoms with Crippen LogP contribution in [0.1, 0.15) is 51.0 Å². The van der Waals surface area contributed by atoms with E-state index in [1.165, 1.54) is 12.5 Å². The quantitative estimate of drug-likeness (QED) is 0.313. The van der Waals surface area contributed by atoms with Gasteiger partial charge in [0.1, 0.15) is 6.10 Å². The number of aryl methyl sites for hydroxylation is 1. The molecule has 0 aromatic heterocycles. The first kappa shape index (κ1) is 17.4. The molecule has 1 atom stereocenters. The molecule has 1 aliphatic rings. The maximum absolute atomic E-state index is 11.4. The Morgan fingerprint density at radius 1 is 1.30 bits per heavy atom. The van der Waals surface area contributed by atoms with Crippen LogP contribution in [0.2, 0.25) is 0 Å². The van der Waals surface area contributed by atoms with Gasteiger partial charge in [0.05, 0.1) is 0 Å². The second kappa shape index (κ2) is 9.21. The van der Waals surface area contributed by atoms with Gasteiger partial charge < -0.3 is 4.74 Å². The van der Waals surface area contributed by atoms with Gasteiger partial charge in [-0.3, -0.25) is 4.79 Å². The van der Waals surface area contributed by atoms with E-state index in [-0.39, 0.29) is 18.1 Å². The number of benzene rings is 1. The molecule has 1 aromatic carbocycles. The first-order chi connectivity index (χ1) is 11.2. The van der Waals surface area contributed by atoms with E-state index in [1.54, 1.807) is 0 Å². The predicted octanol–water partition coefficient (Wildman–Crippen LogP) is 4.81. The molecule has 0 bridgehead atoms. The monoisotopic (exact) mass is 315 g/mol. The fourth-order valence-electron chi connectivity index (χ4n) is 3.42. The average molecular weight is 315 g/mol. The van der Waals surface area contributed by atoms with Crippen molar-refractivity contribution in [3.8, 4) is 0 Å². The number of nitrogens with zero attached hydrogens (tertiary/aromatic N) is 3. The van der Waals surface area contributed by atoms with Crippen molar-refractivity contribution in [3.63, 3.8) is 0 Å². The van der Waals surface area contributed by atoms with Crippen LogP contribution in [0.3, 0.4) is 0 Å². The molecule has 0 N–H and O–H groups in total. The molecule has 1 aromatic rings. The molecule has 5 heteroatoms. The van der Waals surface area contributed by atoms with E-state index in [0.29, 0.717) is 5.92 Å². The van der Waals surface area contributed by atoms with Crippen LogP contribution in [0.25, 0.3) is 10.4 Å². The maximum Gasteiger partial charge on any atom is 0.302 e. The molecule has 5 nitrogen and oxygen atoms in total. The summed E-state index contributed by atoms with van der Waals surface area (Å²) < 4.78 is 5.58. The van der Waals surface area contributed by atoms with E-state index < -0.39 is 0 Å². The first-order valence-electron chi connectivity index (χ1n) is 8.44. The summed E-state index contributed by atoms with van der Waals surface area (Å²) in [6.45, 7) is 1.48. The Bertz CT molecular complexity index is 532. The zero-order valence-electron chi connectivity index (χ0n) is 13.7. The third-order valence-electron chi connectivity index (χ3n) is 4.60. The molecular weight excluding hydrogens is 290 g/mol. The number of hydrogen-bond donors (Lipinski definition) is 0. The van der Waals surface area contributed by atoms with Gasteiger partial charge in [0.25, 0.3) is 0 Å². The van der Waals surface area contributed by atoms with Gasteiger partial charge in [-0.25, -0.2) is 0 Å². The third-order valence-corrected chi connectivity index (χ3v) is 4.60. The molecular formula is C18H25N3O2. The van der Waals surface area contributed by atoms with Crippen LogP contribution < -0.4 is 0 Å². The zero-order chi connectivity index (χ0) is 16.5. The van der Waals surface area contributed by atoms with Gasteiger partial charge in [0.2, 0.25) is 0 Å². The lowest BCUT2D eigenvalue weighted by molar-refractivity contribution is -0.150. The smallest absolute Gasteiger partial charge is 0.302 e. The largest absolute Gasteiger partial charge is 0.462 e. The lowest BCUT2D eigenvalue weighted by Crippen LogP contribution is -2.30. The highest BCUT2D eigenvalue weighted by Gasteiger charge is 2.28. The number of rotatable bonds is 7. The Morgan fingerprint density at radius 2 is 2.00 bits per heavy atom.